The number of hydrogen-bond donors (Lipinski definition) is 0. The van der Waals surface area contributed by atoms with Crippen LogP contribution in [0, 0.1) is 0 Å². The Balaban J connectivity index is 2.65. The van der Waals surface area contributed by atoms with E-state index in [2.05, 4.69) is 53.7 Å². The quantitative estimate of drug-likeness (QED) is 0.420. The lowest BCUT2D eigenvalue weighted by molar-refractivity contribution is 0.103. The van der Waals surface area contributed by atoms with E-state index >= 15 is 0 Å². The van der Waals surface area contributed by atoms with Gasteiger partial charge >= 0.3 is 0 Å². The number of ketones is 1. The molecule has 0 atom stereocenters. The van der Waals surface area contributed by atoms with Crippen LogP contribution in [0.1, 0.15) is 102 Å². The van der Waals surface area contributed by atoms with Gasteiger partial charge in [-0.15, -0.1) is 0 Å². The van der Waals surface area contributed by atoms with Gasteiger partial charge in [-0.25, -0.2) is 0 Å². The molecule has 0 spiro atoms. The Morgan fingerprint density at radius 1 is 0.731 bits per heavy atom. The Morgan fingerprint density at radius 3 is 1.50 bits per heavy atom. The van der Waals surface area contributed by atoms with Crippen LogP contribution in [0.25, 0.3) is 0 Å². The molecular formula is C23H27ClO2. The highest BCUT2D eigenvalue weighted by atomic mass is 35.5. The third kappa shape index (κ3) is 4.24. The standard InChI is InChI=1S/C23H27ClO2/c1-13(2)18-11-19(14(3)4)21(20(12-18)15(5)6)22(25)16-7-9-17(10-8-16)23(24)26/h7-15H,1-6H3. The minimum atomic E-state index is -0.518. The Morgan fingerprint density at radius 2 is 1.15 bits per heavy atom. The van der Waals surface area contributed by atoms with Gasteiger partial charge in [-0.1, -0.05) is 65.8 Å². The molecule has 0 fully saturated rings. The second kappa shape index (κ2) is 8.18. The van der Waals surface area contributed by atoms with E-state index in [4.69, 9.17) is 11.6 Å². The molecule has 0 aromatic heterocycles. The van der Waals surface area contributed by atoms with Crippen molar-refractivity contribution < 1.29 is 9.59 Å². The lowest BCUT2D eigenvalue weighted by atomic mass is 9.81. The summed E-state index contributed by atoms with van der Waals surface area (Å²) in [5, 5.41) is -0.518. The highest BCUT2D eigenvalue weighted by Gasteiger charge is 2.23. The first-order chi connectivity index (χ1) is 12.1. The second-order valence-corrected chi connectivity index (χ2v) is 8.06. The fourth-order valence-corrected chi connectivity index (χ4v) is 3.24. The van der Waals surface area contributed by atoms with E-state index in [9.17, 15) is 9.59 Å². The van der Waals surface area contributed by atoms with Gasteiger partial charge in [0.1, 0.15) is 0 Å². The summed E-state index contributed by atoms with van der Waals surface area (Å²) in [4.78, 5) is 24.6. The lowest BCUT2D eigenvalue weighted by Gasteiger charge is -2.22. The predicted molar refractivity (Wildman–Crippen MR) is 109 cm³/mol. The van der Waals surface area contributed by atoms with Crippen LogP contribution in [0.2, 0.25) is 0 Å². The van der Waals surface area contributed by atoms with Crippen LogP contribution in [0.15, 0.2) is 36.4 Å². The third-order valence-electron chi connectivity index (χ3n) is 4.73. The van der Waals surface area contributed by atoms with E-state index in [0.717, 1.165) is 16.7 Å². The maximum atomic E-state index is 13.3. The zero-order valence-corrected chi connectivity index (χ0v) is 17.1. The molecule has 0 saturated carbocycles. The summed E-state index contributed by atoms with van der Waals surface area (Å²) in [5.74, 6) is 0.895. The molecule has 0 radical (unpaired) electrons. The van der Waals surface area contributed by atoms with E-state index in [1.54, 1.807) is 24.3 Å². The fraction of sp³-hybridized carbons (Fsp3) is 0.391. The summed E-state index contributed by atoms with van der Waals surface area (Å²) in [6.45, 7) is 12.8. The smallest absolute Gasteiger partial charge is 0.252 e. The zero-order chi connectivity index (χ0) is 19.6. The summed E-state index contributed by atoms with van der Waals surface area (Å²) in [5.41, 5.74) is 5.20. The average molecular weight is 371 g/mol. The molecule has 0 saturated heterocycles. The lowest BCUT2D eigenvalue weighted by Crippen LogP contribution is -2.13. The van der Waals surface area contributed by atoms with Crippen LogP contribution < -0.4 is 0 Å². The largest absolute Gasteiger partial charge is 0.289 e. The second-order valence-electron chi connectivity index (χ2n) is 7.72. The van der Waals surface area contributed by atoms with Gasteiger partial charge in [0.25, 0.3) is 5.24 Å². The SMILES string of the molecule is CC(C)c1cc(C(C)C)c(C(=O)c2ccc(C(=O)Cl)cc2)c(C(C)C)c1. The molecule has 0 N–H and O–H groups in total. The number of rotatable bonds is 6. The van der Waals surface area contributed by atoms with Crippen LogP contribution in [-0.4, -0.2) is 11.0 Å². The molecule has 0 aliphatic rings. The van der Waals surface area contributed by atoms with Crippen molar-refractivity contribution >= 4 is 22.6 Å². The molecular weight excluding hydrogens is 344 g/mol. The molecule has 2 nitrogen and oxygen atoms in total. The number of benzene rings is 2. The highest BCUT2D eigenvalue weighted by Crippen LogP contribution is 2.33. The van der Waals surface area contributed by atoms with E-state index in [-0.39, 0.29) is 17.6 Å². The van der Waals surface area contributed by atoms with Crippen molar-refractivity contribution in [1.29, 1.82) is 0 Å². The van der Waals surface area contributed by atoms with E-state index in [1.165, 1.54) is 5.56 Å². The van der Waals surface area contributed by atoms with Crippen LogP contribution in [0.4, 0.5) is 0 Å². The molecule has 138 valence electrons. The Labute approximate surface area is 161 Å². The normalized spacial score (nSPS) is 11.5. The van der Waals surface area contributed by atoms with Gasteiger partial charge in [0.05, 0.1) is 0 Å². The van der Waals surface area contributed by atoms with Gasteiger partial charge in [0.15, 0.2) is 5.78 Å². The molecule has 0 unspecified atom stereocenters. The van der Waals surface area contributed by atoms with Crippen molar-refractivity contribution in [2.75, 3.05) is 0 Å². The summed E-state index contributed by atoms with van der Waals surface area (Å²) >= 11 is 5.51. The molecule has 0 bridgehead atoms. The van der Waals surface area contributed by atoms with Crippen LogP contribution in [-0.2, 0) is 0 Å². The minimum Gasteiger partial charge on any atom is -0.289 e. The third-order valence-corrected chi connectivity index (χ3v) is 4.95. The van der Waals surface area contributed by atoms with Crippen molar-refractivity contribution in [3.05, 3.63) is 69.8 Å². The molecule has 2 aromatic rings. The summed E-state index contributed by atoms with van der Waals surface area (Å²) < 4.78 is 0. The van der Waals surface area contributed by atoms with Crippen LogP contribution in [0.5, 0.6) is 0 Å². The van der Waals surface area contributed by atoms with Crippen molar-refractivity contribution in [3.63, 3.8) is 0 Å². The molecule has 3 heteroatoms. The Hall–Kier alpha value is -1.93. The number of carbonyl (C=O) groups excluding carboxylic acids is 2. The monoisotopic (exact) mass is 370 g/mol. The van der Waals surface area contributed by atoms with E-state index in [1.807, 2.05) is 0 Å². The van der Waals surface area contributed by atoms with Gasteiger partial charge < -0.3 is 0 Å². The summed E-state index contributed by atoms with van der Waals surface area (Å²) in [6, 6.07) is 10.9. The Bertz CT molecular complexity index is 786. The van der Waals surface area contributed by atoms with Gasteiger partial charge in [0.2, 0.25) is 0 Å². The first kappa shape index (κ1) is 20.4. The zero-order valence-electron chi connectivity index (χ0n) is 16.4. The summed E-state index contributed by atoms with van der Waals surface area (Å²) in [6.07, 6.45) is 0. The van der Waals surface area contributed by atoms with Crippen LogP contribution in [0.3, 0.4) is 0 Å². The number of halogens is 1. The Kier molecular flexibility index (Phi) is 6.41. The van der Waals surface area contributed by atoms with Crippen molar-refractivity contribution in [2.24, 2.45) is 0 Å². The molecule has 0 heterocycles. The minimum absolute atomic E-state index is 0.00118. The maximum Gasteiger partial charge on any atom is 0.252 e. The number of hydrogen-bond acceptors (Lipinski definition) is 2. The van der Waals surface area contributed by atoms with Gasteiger partial charge in [-0.05, 0) is 58.2 Å². The first-order valence-corrected chi connectivity index (χ1v) is 9.53. The van der Waals surface area contributed by atoms with E-state index in [0.29, 0.717) is 17.0 Å². The summed E-state index contributed by atoms with van der Waals surface area (Å²) in [7, 11) is 0. The molecule has 0 aliphatic carbocycles. The molecule has 0 aliphatic heterocycles. The maximum absolute atomic E-state index is 13.3. The highest BCUT2D eigenvalue weighted by molar-refractivity contribution is 6.67. The molecule has 0 amide bonds. The van der Waals surface area contributed by atoms with E-state index < -0.39 is 5.24 Å². The predicted octanol–water partition coefficient (Wildman–Crippen LogP) is 6.67. The average Bonchev–Trinajstić information content (AvgIpc) is 2.59. The van der Waals surface area contributed by atoms with Gasteiger partial charge in [-0.2, -0.15) is 0 Å². The number of carbonyl (C=O) groups is 2. The van der Waals surface area contributed by atoms with Gasteiger partial charge in [0, 0.05) is 16.7 Å². The fourth-order valence-electron chi connectivity index (χ4n) is 3.11. The van der Waals surface area contributed by atoms with Gasteiger partial charge in [-0.3, -0.25) is 9.59 Å². The topological polar surface area (TPSA) is 34.1 Å². The van der Waals surface area contributed by atoms with Crippen molar-refractivity contribution in [1.82, 2.24) is 0 Å². The molecule has 26 heavy (non-hydrogen) atoms. The van der Waals surface area contributed by atoms with Crippen molar-refractivity contribution in [2.45, 2.75) is 59.3 Å². The van der Waals surface area contributed by atoms with Crippen LogP contribution >= 0.6 is 11.6 Å². The molecule has 2 rings (SSSR count). The first-order valence-electron chi connectivity index (χ1n) is 9.15. The van der Waals surface area contributed by atoms with Crippen molar-refractivity contribution in [3.8, 4) is 0 Å². The molecule has 2 aromatic carbocycles.